The number of benzene rings is 2. The third-order valence-corrected chi connectivity index (χ3v) is 5.04. The van der Waals surface area contributed by atoms with Crippen molar-refractivity contribution in [2.45, 2.75) is 13.5 Å². The van der Waals surface area contributed by atoms with Gasteiger partial charge >= 0.3 is 0 Å². The van der Waals surface area contributed by atoms with Gasteiger partial charge in [0, 0.05) is 11.3 Å². The molecule has 2 N–H and O–H groups in total. The lowest BCUT2D eigenvalue weighted by Crippen LogP contribution is -2.23. The van der Waals surface area contributed by atoms with E-state index in [9.17, 15) is 14.0 Å². The number of para-hydroxylation sites is 2. The minimum absolute atomic E-state index is 0.0474. The summed E-state index contributed by atoms with van der Waals surface area (Å²) in [7, 11) is 0. The number of amides is 2. The minimum Gasteiger partial charge on any atom is -0.439 e. The zero-order valence-corrected chi connectivity index (χ0v) is 16.0. The van der Waals surface area contributed by atoms with E-state index in [2.05, 4.69) is 20.6 Å². The van der Waals surface area contributed by atoms with Gasteiger partial charge in [0.25, 0.3) is 11.8 Å². The summed E-state index contributed by atoms with van der Waals surface area (Å²) in [5.41, 5.74) is 3.69. The Balaban J connectivity index is 1.46. The number of rotatable bonds is 5. The van der Waals surface area contributed by atoms with E-state index in [1.165, 1.54) is 17.4 Å². The maximum Gasteiger partial charge on any atom is 0.267 e. The molecule has 2 aromatic carbocycles. The Morgan fingerprint density at radius 3 is 2.76 bits per heavy atom. The molecule has 0 bridgehead atoms. The Bertz CT molecular complexity index is 1180. The van der Waals surface area contributed by atoms with Crippen molar-refractivity contribution in [1.82, 2.24) is 15.3 Å². The van der Waals surface area contributed by atoms with E-state index >= 15 is 0 Å². The second-order valence-electron chi connectivity index (χ2n) is 6.21. The molecule has 0 spiro atoms. The van der Waals surface area contributed by atoms with Crippen LogP contribution < -0.4 is 10.6 Å². The molecule has 2 heterocycles. The molecule has 9 heteroatoms. The molecule has 7 nitrogen and oxygen atoms in total. The highest BCUT2D eigenvalue weighted by atomic mass is 32.1. The van der Waals surface area contributed by atoms with Crippen molar-refractivity contribution < 1.29 is 18.4 Å². The van der Waals surface area contributed by atoms with E-state index in [0.717, 1.165) is 12.1 Å². The van der Waals surface area contributed by atoms with Gasteiger partial charge in [0.15, 0.2) is 5.58 Å². The van der Waals surface area contributed by atoms with Gasteiger partial charge in [0.05, 0.1) is 17.7 Å². The quantitative estimate of drug-likeness (QED) is 0.520. The first-order valence-electron chi connectivity index (χ1n) is 8.64. The van der Waals surface area contributed by atoms with Crippen LogP contribution >= 0.6 is 11.3 Å². The lowest BCUT2D eigenvalue weighted by molar-refractivity contribution is 0.0945. The number of aryl methyl sites for hydroxylation is 1. The number of anilines is 1. The van der Waals surface area contributed by atoms with Crippen LogP contribution in [0.1, 0.15) is 31.6 Å². The molecular weight excluding hydrogens is 395 g/mol. The fourth-order valence-electron chi connectivity index (χ4n) is 2.75. The van der Waals surface area contributed by atoms with Gasteiger partial charge in [-0.05, 0) is 37.3 Å². The smallest absolute Gasteiger partial charge is 0.267 e. The first-order chi connectivity index (χ1) is 14.0. The number of fused-ring (bicyclic) bond motifs is 1. The fourth-order valence-corrected chi connectivity index (χ4v) is 3.45. The predicted octanol–water partition coefficient (Wildman–Crippen LogP) is 3.91. The van der Waals surface area contributed by atoms with E-state index in [1.807, 2.05) is 12.1 Å². The highest BCUT2D eigenvalue weighted by Gasteiger charge is 2.15. The second kappa shape index (κ2) is 7.80. The van der Waals surface area contributed by atoms with Gasteiger partial charge < -0.3 is 15.1 Å². The van der Waals surface area contributed by atoms with Gasteiger partial charge in [-0.25, -0.2) is 14.4 Å². The average Bonchev–Trinajstić information content (AvgIpc) is 3.31. The molecule has 0 aliphatic rings. The van der Waals surface area contributed by atoms with Crippen LogP contribution in [0.15, 0.2) is 52.4 Å². The van der Waals surface area contributed by atoms with Crippen molar-refractivity contribution in [2.75, 3.05) is 5.32 Å². The minimum atomic E-state index is -0.643. The summed E-state index contributed by atoms with van der Waals surface area (Å²) in [6.07, 6.45) is 0. The highest BCUT2D eigenvalue weighted by Crippen LogP contribution is 2.19. The number of halogens is 1. The average molecular weight is 410 g/mol. The zero-order valence-electron chi connectivity index (χ0n) is 15.2. The summed E-state index contributed by atoms with van der Waals surface area (Å²) in [6, 6.07) is 10.9. The van der Waals surface area contributed by atoms with Crippen LogP contribution in [0.25, 0.3) is 11.1 Å². The maximum atomic E-state index is 14.0. The molecule has 0 aliphatic heterocycles. The lowest BCUT2D eigenvalue weighted by Gasteiger charge is -2.08. The van der Waals surface area contributed by atoms with Crippen LogP contribution in [0.2, 0.25) is 0 Å². The first kappa shape index (κ1) is 18.8. The number of hydrogen-bond donors (Lipinski definition) is 2. The normalized spacial score (nSPS) is 10.8. The SMILES string of the molecule is Cc1ncsc1C(=O)Nc1cc(F)cc(C(=O)NCc2nc3ccccc3o2)c1. The number of carbonyl (C=O) groups is 2. The first-order valence-corrected chi connectivity index (χ1v) is 9.52. The lowest BCUT2D eigenvalue weighted by atomic mass is 10.1. The van der Waals surface area contributed by atoms with Crippen LogP contribution in [-0.2, 0) is 6.54 Å². The summed E-state index contributed by atoms with van der Waals surface area (Å²) >= 11 is 1.19. The van der Waals surface area contributed by atoms with E-state index in [-0.39, 0.29) is 17.8 Å². The molecule has 2 amide bonds. The monoisotopic (exact) mass is 410 g/mol. The van der Waals surface area contributed by atoms with Crippen molar-refractivity contribution in [3.8, 4) is 0 Å². The van der Waals surface area contributed by atoms with Crippen LogP contribution in [0.3, 0.4) is 0 Å². The summed E-state index contributed by atoms with van der Waals surface area (Å²) < 4.78 is 19.5. The molecule has 0 fully saturated rings. The topological polar surface area (TPSA) is 97.1 Å². The van der Waals surface area contributed by atoms with Gasteiger partial charge in [0.1, 0.15) is 16.2 Å². The third kappa shape index (κ3) is 4.14. The van der Waals surface area contributed by atoms with Crippen LogP contribution in [0, 0.1) is 12.7 Å². The zero-order chi connectivity index (χ0) is 20.4. The van der Waals surface area contributed by atoms with Gasteiger partial charge in [-0.3, -0.25) is 9.59 Å². The number of aromatic nitrogens is 2. The molecule has 146 valence electrons. The Labute approximate surface area is 168 Å². The van der Waals surface area contributed by atoms with Crippen molar-refractivity contribution >= 4 is 39.9 Å². The summed E-state index contributed by atoms with van der Waals surface area (Å²) in [6.45, 7) is 1.76. The van der Waals surface area contributed by atoms with E-state index in [1.54, 1.807) is 24.6 Å². The van der Waals surface area contributed by atoms with E-state index in [0.29, 0.717) is 27.6 Å². The number of nitrogens with one attached hydrogen (secondary N) is 2. The van der Waals surface area contributed by atoms with E-state index < -0.39 is 17.6 Å². The number of thiazole rings is 1. The summed E-state index contributed by atoms with van der Waals surface area (Å²) in [4.78, 5) is 33.5. The third-order valence-electron chi connectivity index (χ3n) is 4.11. The van der Waals surface area contributed by atoms with Crippen LogP contribution in [-0.4, -0.2) is 21.8 Å². The number of hydrogen-bond acceptors (Lipinski definition) is 6. The highest BCUT2D eigenvalue weighted by molar-refractivity contribution is 7.12. The van der Waals surface area contributed by atoms with Crippen molar-refractivity contribution in [2.24, 2.45) is 0 Å². The fraction of sp³-hybridized carbons (Fsp3) is 0.100. The van der Waals surface area contributed by atoms with Crippen molar-refractivity contribution in [3.63, 3.8) is 0 Å². The molecule has 0 unspecified atom stereocenters. The van der Waals surface area contributed by atoms with Crippen LogP contribution in [0.4, 0.5) is 10.1 Å². The van der Waals surface area contributed by atoms with Crippen molar-refractivity contribution in [3.05, 3.63) is 75.8 Å². The molecule has 0 saturated carbocycles. The molecule has 0 aliphatic carbocycles. The molecule has 0 radical (unpaired) electrons. The summed E-state index contributed by atoms with van der Waals surface area (Å²) in [5, 5.41) is 5.23. The van der Waals surface area contributed by atoms with Crippen molar-refractivity contribution in [1.29, 1.82) is 0 Å². The molecular formula is C20H15FN4O3S. The Hall–Kier alpha value is -3.59. The molecule has 4 aromatic rings. The van der Waals surface area contributed by atoms with Gasteiger partial charge in [-0.1, -0.05) is 12.1 Å². The van der Waals surface area contributed by atoms with Gasteiger partial charge in [-0.2, -0.15) is 0 Å². The molecule has 0 saturated heterocycles. The van der Waals surface area contributed by atoms with E-state index in [4.69, 9.17) is 4.42 Å². The number of carbonyl (C=O) groups excluding carboxylic acids is 2. The number of oxazole rings is 1. The molecule has 2 aromatic heterocycles. The maximum absolute atomic E-state index is 14.0. The standard InChI is InChI=1S/C20H15FN4O3S/c1-11-18(29-10-23-11)20(27)24-14-7-12(6-13(21)8-14)19(26)22-9-17-25-15-4-2-3-5-16(15)28-17/h2-8,10H,9H2,1H3,(H,22,26)(H,24,27). The second-order valence-corrected chi connectivity index (χ2v) is 7.06. The van der Waals surface area contributed by atoms with Gasteiger partial charge in [0.2, 0.25) is 5.89 Å². The molecule has 29 heavy (non-hydrogen) atoms. The van der Waals surface area contributed by atoms with Gasteiger partial charge in [-0.15, -0.1) is 11.3 Å². The summed E-state index contributed by atoms with van der Waals surface area (Å²) in [5.74, 6) is -1.23. The molecule has 4 rings (SSSR count). The largest absolute Gasteiger partial charge is 0.439 e. The number of nitrogens with zero attached hydrogens (tertiary/aromatic N) is 2. The predicted molar refractivity (Wildman–Crippen MR) is 106 cm³/mol. The van der Waals surface area contributed by atoms with Crippen LogP contribution in [0.5, 0.6) is 0 Å². The molecule has 0 atom stereocenters. The Morgan fingerprint density at radius 1 is 1.17 bits per heavy atom. The Morgan fingerprint density at radius 2 is 2.00 bits per heavy atom. The Kier molecular flexibility index (Phi) is 5.05.